The molecule has 10 nitrogen and oxygen atoms in total. The van der Waals surface area contributed by atoms with Gasteiger partial charge in [0.05, 0.1) is 28.7 Å². The molecule has 0 spiro atoms. The van der Waals surface area contributed by atoms with Crippen LogP contribution in [0, 0.1) is 18.8 Å². The lowest BCUT2D eigenvalue weighted by atomic mass is 10.0. The number of amides is 1. The summed E-state index contributed by atoms with van der Waals surface area (Å²) in [5.74, 6) is 1.99. The van der Waals surface area contributed by atoms with E-state index in [1.54, 1.807) is 23.0 Å². The Morgan fingerprint density at radius 2 is 1.90 bits per heavy atom. The number of nitrogens with one attached hydrogen (secondary N) is 2. The molecule has 4 aromatic rings. The van der Waals surface area contributed by atoms with Crippen LogP contribution < -0.4 is 20.5 Å². The SMILES string of the molecule is CSNC(=O)c1nc(Cl)ccc1NC(C)c1cc(C)cc2c(=O)n(C)c(N3CC4C(C3)C4c3ccnn3C3CC3)nc12. The summed E-state index contributed by atoms with van der Waals surface area (Å²) >= 11 is 7.31. The molecule has 0 radical (unpaired) electrons. The minimum absolute atomic E-state index is 0.0655. The van der Waals surface area contributed by atoms with E-state index in [0.717, 1.165) is 24.2 Å². The molecule has 3 aliphatic rings. The molecule has 3 unspecified atom stereocenters. The molecule has 218 valence electrons. The van der Waals surface area contributed by atoms with Crippen LogP contribution in [0.5, 0.6) is 0 Å². The van der Waals surface area contributed by atoms with Gasteiger partial charge in [-0.1, -0.05) is 29.6 Å². The second-order valence-electron chi connectivity index (χ2n) is 11.7. The van der Waals surface area contributed by atoms with E-state index in [1.807, 2.05) is 33.2 Å². The maximum atomic E-state index is 13.7. The first-order valence-corrected chi connectivity index (χ1v) is 15.9. The number of pyridine rings is 1. The third kappa shape index (κ3) is 4.63. The highest BCUT2D eigenvalue weighted by atomic mass is 35.5. The van der Waals surface area contributed by atoms with Gasteiger partial charge in [0.25, 0.3) is 11.5 Å². The average molecular weight is 605 g/mol. The average Bonchev–Trinajstić information content (AvgIpc) is 3.83. The van der Waals surface area contributed by atoms with Gasteiger partial charge in [0, 0.05) is 49.8 Å². The number of hydrogen-bond acceptors (Lipinski definition) is 8. The molecule has 3 atom stereocenters. The number of anilines is 2. The second kappa shape index (κ2) is 10.3. The van der Waals surface area contributed by atoms with Crippen molar-refractivity contribution in [3.8, 4) is 0 Å². The second-order valence-corrected chi connectivity index (χ2v) is 12.7. The third-order valence-electron chi connectivity index (χ3n) is 8.85. The Kier molecular flexibility index (Phi) is 6.69. The molecular weight excluding hydrogens is 572 g/mol. The lowest BCUT2D eigenvalue weighted by Gasteiger charge is -2.25. The van der Waals surface area contributed by atoms with E-state index < -0.39 is 0 Å². The van der Waals surface area contributed by atoms with E-state index in [2.05, 4.69) is 41.8 Å². The van der Waals surface area contributed by atoms with E-state index in [-0.39, 0.29) is 28.4 Å². The van der Waals surface area contributed by atoms with Crippen LogP contribution in [0.4, 0.5) is 11.6 Å². The Labute approximate surface area is 253 Å². The normalized spacial score (nSPS) is 21.8. The number of hydrogen-bond donors (Lipinski definition) is 2. The predicted molar refractivity (Wildman–Crippen MR) is 166 cm³/mol. The maximum Gasteiger partial charge on any atom is 0.281 e. The van der Waals surface area contributed by atoms with Crippen molar-refractivity contribution in [2.24, 2.45) is 18.9 Å². The van der Waals surface area contributed by atoms with Gasteiger partial charge in [0.15, 0.2) is 5.69 Å². The highest BCUT2D eigenvalue weighted by Crippen LogP contribution is 2.59. The zero-order valence-electron chi connectivity index (χ0n) is 24.0. The summed E-state index contributed by atoms with van der Waals surface area (Å²) in [5, 5.41) is 8.84. The van der Waals surface area contributed by atoms with Gasteiger partial charge in [-0.05, 0) is 68.4 Å². The summed E-state index contributed by atoms with van der Waals surface area (Å²) < 4.78 is 6.64. The van der Waals surface area contributed by atoms with Gasteiger partial charge >= 0.3 is 0 Å². The number of aryl methyl sites for hydroxylation is 1. The van der Waals surface area contributed by atoms with Crippen LogP contribution in [0.15, 0.2) is 41.3 Å². The number of benzene rings is 1. The summed E-state index contributed by atoms with van der Waals surface area (Å²) in [6.07, 6.45) is 6.16. The van der Waals surface area contributed by atoms with Crippen molar-refractivity contribution >= 4 is 52.0 Å². The van der Waals surface area contributed by atoms with Crippen molar-refractivity contribution in [1.29, 1.82) is 0 Å². The van der Waals surface area contributed by atoms with Gasteiger partial charge in [-0.15, -0.1) is 0 Å². The number of aromatic nitrogens is 5. The fourth-order valence-electron chi connectivity index (χ4n) is 6.67. The molecule has 1 aliphatic heterocycles. The molecule has 0 bridgehead atoms. The van der Waals surface area contributed by atoms with E-state index in [4.69, 9.17) is 16.6 Å². The quantitative estimate of drug-likeness (QED) is 0.217. The number of halogens is 1. The lowest BCUT2D eigenvalue weighted by Crippen LogP contribution is -2.32. The largest absolute Gasteiger partial charge is 0.377 e. The first-order chi connectivity index (χ1) is 20.2. The molecule has 2 saturated carbocycles. The molecule has 2 N–H and O–H groups in total. The molecule has 7 rings (SSSR count). The van der Waals surface area contributed by atoms with Crippen LogP contribution in [0.1, 0.15) is 65.1 Å². The molecule has 2 aliphatic carbocycles. The first kappa shape index (κ1) is 27.3. The summed E-state index contributed by atoms with van der Waals surface area (Å²) in [7, 11) is 1.81. The van der Waals surface area contributed by atoms with Crippen molar-refractivity contribution in [2.45, 2.75) is 44.7 Å². The molecule has 1 saturated heterocycles. The first-order valence-electron chi connectivity index (χ1n) is 14.3. The Morgan fingerprint density at radius 1 is 1.14 bits per heavy atom. The van der Waals surface area contributed by atoms with E-state index in [0.29, 0.717) is 46.3 Å². The van der Waals surface area contributed by atoms with Crippen LogP contribution in [-0.2, 0) is 7.05 Å². The molecule has 42 heavy (non-hydrogen) atoms. The van der Waals surface area contributed by atoms with Crippen molar-refractivity contribution < 1.29 is 4.79 Å². The molecule has 4 heterocycles. The van der Waals surface area contributed by atoms with E-state index in [9.17, 15) is 9.59 Å². The van der Waals surface area contributed by atoms with Gasteiger partial charge in [-0.2, -0.15) is 5.10 Å². The number of rotatable bonds is 8. The summed E-state index contributed by atoms with van der Waals surface area (Å²) in [6, 6.07) is 9.84. The Bertz CT molecular complexity index is 1770. The zero-order chi connectivity index (χ0) is 29.3. The van der Waals surface area contributed by atoms with Crippen LogP contribution >= 0.6 is 23.5 Å². The van der Waals surface area contributed by atoms with Gasteiger partial charge in [0.2, 0.25) is 5.95 Å². The van der Waals surface area contributed by atoms with Crippen molar-refractivity contribution in [3.05, 3.63) is 74.6 Å². The topological polar surface area (TPSA) is 110 Å². The van der Waals surface area contributed by atoms with E-state index >= 15 is 0 Å². The number of fused-ring (bicyclic) bond motifs is 2. The molecular formula is C30H33ClN8O2S. The van der Waals surface area contributed by atoms with Crippen molar-refractivity contribution in [3.63, 3.8) is 0 Å². The summed E-state index contributed by atoms with van der Waals surface area (Å²) in [4.78, 5) is 38.1. The highest BCUT2D eigenvalue weighted by Gasteiger charge is 2.58. The van der Waals surface area contributed by atoms with Crippen molar-refractivity contribution in [1.82, 2.24) is 29.0 Å². The van der Waals surface area contributed by atoms with E-state index in [1.165, 1.54) is 30.5 Å². The van der Waals surface area contributed by atoms with Crippen LogP contribution in [-0.4, -0.2) is 49.6 Å². The van der Waals surface area contributed by atoms with Crippen LogP contribution in [0.25, 0.3) is 10.9 Å². The Balaban J connectivity index is 1.20. The molecule has 1 amide bonds. The van der Waals surface area contributed by atoms with Gasteiger partial charge in [-0.3, -0.25) is 23.6 Å². The fraction of sp³-hybridized carbons (Fsp3) is 0.433. The standard InChI is InChI=1S/C30H33ClN8O2S/c1-15-11-18(16(2)33-22-7-8-24(31)34-27(22)28(40)36-42-4)26-19(12-15)29(41)37(3)30(35-26)38-13-20-21(14-38)25(20)23-9-10-32-39(23)17-5-6-17/h7-12,16-17,20-21,25,33H,5-6,13-14H2,1-4H3,(H,36,40). The number of nitrogens with zero attached hydrogens (tertiary/aromatic N) is 6. The minimum Gasteiger partial charge on any atom is -0.377 e. The highest BCUT2D eigenvalue weighted by molar-refractivity contribution is 7.97. The minimum atomic E-state index is -0.339. The maximum absolute atomic E-state index is 13.7. The summed E-state index contributed by atoms with van der Waals surface area (Å²) in [5.41, 5.74) is 4.57. The van der Waals surface area contributed by atoms with Crippen LogP contribution in [0.2, 0.25) is 5.15 Å². The molecule has 3 fully saturated rings. The van der Waals surface area contributed by atoms with Crippen molar-refractivity contribution in [2.75, 3.05) is 29.6 Å². The molecule has 3 aromatic heterocycles. The Hall–Kier alpha value is -3.57. The third-order valence-corrected chi connectivity index (χ3v) is 9.45. The predicted octanol–water partition coefficient (Wildman–Crippen LogP) is 4.85. The smallest absolute Gasteiger partial charge is 0.281 e. The summed E-state index contributed by atoms with van der Waals surface area (Å²) in [6.45, 7) is 5.72. The van der Waals surface area contributed by atoms with Gasteiger partial charge in [0.1, 0.15) is 5.15 Å². The number of carbonyl (C=O) groups excluding carboxylic acids is 1. The number of piperidine rings is 1. The van der Waals surface area contributed by atoms with Crippen LogP contribution in [0.3, 0.4) is 0 Å². The molecule has 12 heteroatoms. The molecule has 1 aromatic carbocycles. The monoisotopic (exact) mass is 604 g/mol. The lowest BCUT2D eigenvalue weighted by molar-refractivity contribution is 0.0980. The Morgan fingerprint density at radius 3 is 2.62 bits per heavy atom. The fourth-order valence-corrected chi connectivity index (χ4v) is 7.10. The van der Waals surface area contributed by atoms with Gasteiger partial charge < -0.3 is 10.2 Å². The van der Waals surface area contributed by atoms with Gasteiger partial charge in [-0.25, -0.2) is 9.97 Å². The zero-order valence-corrected chi connectivity index (χ0v) is 25.5. The number of carbonyl (C=O) groups is 1.